The van der Waals surface area contributed by atoms with Gasteiger partial charge in [0.25, 0.3) is 0 Å². The van der Waals surface area contributed by atoms with Crippen LogP contribution in [-0.4, -0.2) is 31.5 Å². The van der Waals surface area contributed by atoms with Crippen LogP contribution in [0.3, 0.4) is 0 Å². The Balaban J connectivity index is 0.000000861. The minimum Gasteiger partial charge on any atom is -0.497 e. The molecule has 0 amide bonds. The average Bonchev–Trinajstić information content (AvgIpc) is 2.96. The molecule has 2 unspecified atom stereocenters. The normalized spacial score (nSPS) is 21.7. The van der Waals surface area contributed by atoms with E-state index in [0.717, 1.165) is 24.2 Å². The van der Waals surface area contributed by atoms with E-state index in [1.807, 2.05) is 38.1 Å². The van der Waals surface area contributed by atoms with Gasteiger partial charge in [0.2, 0.25) is 0 Å². The summed E-state index contributed by atoms with van der Waals surface area (Å²) in [5.74, 6) is 0.823. The molecule has 1 heterocycles. The largest absolute Gasteiger partial charge is 0.497 e. The number of methoxy groups -OCH3 is 1. The predicted molar refractivity (Wildman–Crippen MR) is 74.2 cm³/mol. The highest BCUT2D eigenvalue weighted by Crippen LogP contribution is 2.29. The van der Waals surface area contributed by atoms with Crippen LogP contribution in [0.4, 0.5) is 0 Å². The fourth-order valence-electron chi connectivity index (χ4n) is 1.85. The fourth-order valence-corrected chi connectivity index (χ4v) is 1.85. The van der Waals surface area contributed by atoms with E-state index in [-0.39, 0.29) is 19.0 Å². The maximum absolute atomic E-state index is 8.76. The van der Waals surface area contributed by atoms with Crippen molar-refractivity contribution in [3.8, 4) is 5.75 Å². The van der Waals surface area contributed by atoms with Crippen LogP contribution in [0.25, 0.3) is 0 Å². The molecule has 1 aromatic carbocycles. The molecule has 1 aromatic rings. The third-order valence-electron chi connectivity index (χ3n) is 2.82. The Morgan fingerprint density at radius 2 is 1.95 bits per heavy atom. The molecule has 1 saturated heterocycles. The van der Waals surface area contributed by atoms with Crippen molar-refractivity contribution in [3.63, 3.8) is 0 Å². The van der Waals surface area contributed by atoms with Gasteiger partial charge in [-0.2, -0.15) is 0 Å². The molecule has 0 aromatic heterocycles. The molecular formula is C15H24O4. The molecule has 0 radical (unpaired) electrons. The standard InChI is InChI=1S/C13H18O4.C2H6/c1-15-11-6-4-10(5-7-11)13-16-9-12(17-13)3-2-8-14;1-2/h4-7,12-14H,2-3,8-9H2,1H3;1-2H3. The Bertz CT molecular complexity index is 337. The van der Waals surface area contributed by atoms with Crippen molar-refractivity contribution >= 4 is 0 Å². The van der Waals surface area contributed by atoms with Gasteiger partial charge in [0, 0.05) is 12.2 Å². The molecule has 4 nitrogen and oxygen atoms in total. The lowest BCUT2D eigenvalue weighted by Crippen LogP contribution is -2.10. The molecule has 0 spiro atoms. The first-order chi connectivity index (χ1) is 9.33. The topological polar surface area (TPSA) is 47.9 Å². The molecule has 1 aliphatic heterocycles. The maximum atomic E-state index is 8.76. The van der Waals surface area contributed by atoms with Crippen LogP contribution in [0.2, 0.25) is 0 Å². The third-order valence-corrected chi connectivity index (χ3v) is 2.82. The number of hydrogen-bond acceptors (Lipinski definition) is 4. The number of hydrogen-bond donors (Lipinski definition) is 1. The SMILES string of the molecule is CC.COc1ccc(C2OCC(CCCO)O2)cc1. The molecule has 0 saturated carbocycles. The molecule has 0 aliphatic carbocycles. The van der Waals surface area contributed by atoms with Crippen LogP contribution in [0, 0.1) is 0 Å². The Morgan fingerprint density at radius 3 is 2.53 bits per heavy atom. The number of rotatable bonds is 5. The maximum Gasteiger partial charge on any atom is 0.184 e. The highest BCUT2D eigenvalue weighted by Gasteiger charge is 2.26. The van der Waals surface area contributed by atoms with Crippen LogP contribution in [-0.2, 0) is 9.47 Å². The van der Waals surface area contributed by atoms with Crippen LogP contribution in [0.15, 0.2) is 24.3 Å². The molecule has 1 aliphatic rings. The van der Waals surface area contributed by atoms with Crippen molar-refractivity contribution in [2.75, 3.05) is 20.3 Å². The summed E-state index contributed by atoms with van der Waals surface area (Å²) in [5, 5.41) is 8.76. The summed E-state index contributed by atoms with van der Waals surface area (Å²) >= 11 is 0. The first kappa shape index (κ1) is 16.0. The second-order valence-corrected chi connectivity index (χ2v) is 4.06. The molecule has 2 atom stereocenters. The lowest BCUT2D eigenvalue weighted by molar-refractivity contribution is -0.0617. The molecule has 1 N–H and O–H groups in total. The van der Waals surface area contributed by atoms with Gasteiger partial charge >= 0.3 is 0 Å². The summed E-state index contributed by atoms with van der Waals surface area (Å²) < 4.78 is 16.4. The Labute approximate surface area is 115 Å². The van der Waals surface area contributed by atoms with Crippen molar-refractivity contribution < 1.29 is 19.3 Å². The van der Waals surface area contributed by atoms with Crippen molar-refractivity contribution in [2.24, 2.45) is 0 Å². The molecule has 1 fully saturated rings. The van der Waals surface area contributed by atoms with Gasteiger partial charge in [-0.15, -0.1) is 0 Å². The predicted octanol–water partition coefficient (Wildman–Crippen LogP) is 2.91. The van der Waals surface area contributed by atoms with Crippen molar-refractivity contribution in [1.82, 2.24) is 0 Å². The van der Waals surface area contributed by atoms with Crippen LogP contribution >= 0.6 is 0 Å². The molecule has 4 heteroatoms. The second kappa shape index (κ2) is 8.91. The lowest BCUT2D eigenvalue weighted by atomic mass is 10.2. The number of aliphatic hydroxyl groups excluding tert-OH is 1. The zero-order chi connectivity index (χ0) is 14.1. The van der Waals surface area contributed by atoms with Gasteiger partial charge in [-0.1, -0.05) is 26.0 Å². The van der Waals surface area contributed by atoms with Gasteiger partial charge in [0.05, 0.1) is 19.8 Å². The Kier molecular flexibility index (Phi) is 7.48. The van der Waals surface area contributed by atoms with Crippen molar-refractivity contribution in [1.29, 1.82) is 0 Å². The summed E-state index contributed by atoms with van der Waals surface area (Å²) in [6, 6.07) is 7.67. The quantitative estimate of drug-likeness (QED) is 0.892. The summed E-state index contributed by atoms with van der Waals surface area (Å²) in [7, 11) is 1.64. The second-order valence-electron chi connectivity index (χ2n) is 4.06. The lowest BCUT2D eigenvalue weighted by Gasteiger charge is -2.11. The Hall–Kier alpha value is -1.10. The number of aliphatic hydroxyl groups is 1. The minimum absolute atomic E-state index is 0.0919. The van der Waals surface area contributed by atoms with Crippen LogP contribution in [0.5, 0.6) is 5.75 Å². The van der Waals surface area contributed by atoms with E-state index in [4.69, 9.17) is 19.3 Å². The van der Waals surface area contributed by atoms with E-state index in [9.17, 15) is 0 Å². The first-order valence-electron chi connectivity index (χ1n) is 6.85. The van der Waals surface area contributed by atoms with Gasteiger partial charge in [0.15, 0.2) is 6.29 Å². The summed E-state index contributed by atoms with van der Waals surface area (Å²) in [5.41, 5.74) is 0.997. The van der Waals surface area contributed by atoms with Crippen LogP contribution in [0.1, 0.15) is 38.5 Å². The highest BCUT2D eigenvalue weighted by molar-refractivity contribution is 5.28. The number of benzene rings is 1. The zero-order valence-corrected chi connectivity index (χ0v) is 12.0. The van der Waals surface area contributed by atoms with E-state index in [2.05, 4.69) is 0 Å². The van der Waals surface area contributed by atoms with E-state index >= 15 is 0 Å². The molecule has 2 rings (SSSR count). The zero-order valence-electron chi connectivity index (χ0n) is 12.0. The van der Waals surface area contributed by atoms with Crippen molar-refractivity contribution in [3.05, 3.63) is 29.8 Å². The van der Waals surface area contributed by atoms with E-state index in [1.54, 1.807) is 7.11 Å². The third kappa shape index (κ3) is 4.82. The minimum atomic E-state index is -0.287. The monoisotopic (exact) mass is 268 g/mol. The van der Waals surface area contributed by atoms with Gasteiger partial charge in [0.1, 0.15) is 5.75 Å². The van der Waals surface area contributed by atoms with Gasteiger partial charge in [-0.05, 0) is 25.0 Å². The van der Waals surface area contributed by atoms with Gasteiger partial charge < -0.3 is 19.3 Å². The fraction of sp³-hybridized carbons (Fsp3) is 0.600. The summed E-state index contributed by atoms with van der Waals surface area (Å²) in [6.45, 7) is 4.80. The summed E-state index contributed by atoms with van der Waals surface area (Å²) in [6.07, 6.45) is 1.39. The smallest absolute Gasteiger partial charge is 0.184 e. The average molecular weight is 268 g/mol. The molecule has 19 heavy (non-hydrogen) atoms. The summed E-state index contributed by atoms with van der Waals surface area (Å²) in [4.78, 5) is 0. The molecule has 108 valence electrons. The van der Waals surface area contributed by atoms with Crippen molar-refractivity contribution in [2.45, 2.75) is 39.1 Å². The van der Waals surface area contributed by atoms with E-state index in [1.165, 1.54) is 0 Å². The number of ether oxygens (including phenoxy) is 3. The van der Waals surface area contributed by atoms with Crippen LogP contribution < -0.4 is 4.74 Å². The van der Waals surface area contributed by atoms with Gasteiger partial charge in [-0.3, -0.25) is 0 Å². The van der Waals surface area contributed by atoms with E-state index in [0.29, 0.717) is 6.61 Å². The molecular weight excluding hydrogens is 244 g/mol. The first-order valence-corrected chi connectivity index (χ1v) is 6.85. The van der Waals surface area contributed by atoms with Gasteiger partial charge in [-0.25, -0.2) is 0 Å². The highest BCUT2D eigenvalue weighted by atomic mass is 16.7. The molecule has 0 bridgehead atoms. The van der Waals surface area contributed by atoms with E-state index < -0.39 is 0 Å². The Morgan fingerprint density at radius 1 is 1.26 bits per heavy atom.